The molecular formula is C16H15FN2. The molecule has 0 atom stereocenters. The van der Waals surface area contributed by atoms with Crippen LogP contribution in [0.2, 0.25) is 0 Å². The number of rotatable bonds is 3. The Kier molecular flexibility index (Phi) is 3.82. The van der Waals surface area contributed by atoms with Crippen molar-refractivity contribution in [3.63, 3.8) is 0 Å². The van der Waals surface area contributed by atoms with Crippen LogP contribution in [0.1, 0.15) is 16.7 Å². The van der Waals surface area contributed by atoms with Crippen LogP contribution in [0, 0.1) is 24.1 Å². The van der Waals surface area contributed by atoms with Crippen LogP contribution < -0.4 is 4.90 Å². The predicted octanol–water partition coefficient (Wildman–Crippen LogP) is 3.64. The Morgan fingerprint density at radius 2 is 1.95 bits per heavy atom. The van der Waals surface area contributed by atoms with Crippen LogP contribution in [0.4, 0.5) is 10.1 Å². The van der Waals surface area contributed by atoms with Gasteiger partial charge in [0.05, 0.1) is 11.3 Å². The fraction of sp³-hybridized carbons (Fsp3) is 0.188. The minimum absolute atomic E-state index is 0.222. The number of nitriles is 1. The van der Waals surface area contributed by atoms with E-state index in [2.05, 4.69) is 6.07 Å². The maximum absolute atomic E-state index is 13.6. The maximum atomic E-state index is 13.6. The first-order chi connectivity index (χ1) is 9.11. The Labute approximate surface area is 112 Å². The summed E-state index contributed by atoms with van der Waals surface area (Å²) in [7, 11) is 1.86. The molecule has 0 heterocycles. The Hall–Kier alpha value is -2.34. The molecule has 19 heavy (non-hydrogen) atoms. The van der Waals surface area contributed by atoms with Crippen molar-refractivity contribution >= 4 is 5.69 Å². The quantitative estimate of drug-likeness (QED) is 0.836. The summed E-state index contributed by atoms with van der Waals surface area (Å²) in [5, 5.41) is 9.16. The van der Waals surface area contributed by atoms with Gasteiger partial charge < -0.3 is 4.90 Å². The Balaban J connectivity index is 2.28. The number of nitrogens with zero attached hydrogens (tertiary/aromatic N) is 2. The molecule has 2 aromatic rings. The molecule has 0 aliphatic rings. The van der Waals surface area contributed by atoms with Crippen LogP contribution in [0.3, 0.4) is 0 Å². The largest absolute Gasteiger partial charge is 0.369 e. The number of halogens is 1. The second kappa shape index (κ2) is 5.53. The SMILES string of the molecule is Cc1ccc(N(C)Cc2ccccc2F)c(C#N)c1. The average Bonchev–Trinajstić information content (AvgIpc) is 2.41. The number of benzene rings is 2. The number of aryl methyl sites for hydroxylation is 1. The third-order valence-electron chi connectivity index (χ3n) is 3.05. The molecular weight excluding hydrogens is 239 g/mol. The highest BCUT2D eigenvalue weighted by molar-refractivity contribution is 5.60. The molecule has 0 spiro atoms. The number of anilines is 1. The first-order valence-electron chi connectivity index (χ1n) is 6.07. The summed E-state index contributed by atoms with van der Waals surface area (Å²) < 4.78 is 13.6. The van der Waals surface area contributed by atoms with Gasteiger partial charge in [-0.15, -0.1) is 0 Å². The summed E-state index contributed by atoms with van der Waals surface area (Å²) in [5.41, 5.74) is 3.09. The predicted molar refractivity (Wildman–Crippen MR) is 74.4 cm³/mol. The first-order valence-corrected chi connectivity index (χ1v) is 6.07. The first kappa shape index (κ1) is 13.1. The van der Waals surface area contributed by atoms with E-state index in [1.54, 1.807) is 12.1 Å². The molecule has 0 amide bonds. The van der Waals surface area contributed by atoms with Crippen molar-refractivity contribution < 1.29 is 4.39 Å². The minimum Gasteiger partial charge on any atom is -0.369 e. The van der Waals surface area contributed by atoms with Crippen molar-refractivity contribution in [3.8, 4) is 6.07 Å². The average molecular weight is 254 g/mol. The van der Waals surface area contributed by atoms with E-state index < -0.39 is 0 Å². The zero-order valence-electron chi connectivity index (χ0n) is 11.0. The zero-order valence-corrected chi connectivity index (χ0v) is 11.0. The highest BCUT2D eigenvalue weighted by atomic mass is 19.1. The van der Waals surface area contributed by atoms with Crippen molar-refractivity contribution in [2.45, 2.75) is 13.5 Å². The molecule has 0 aliphatic heterocycles. The molecule has 0 fully saturated rings. The smallest absolute Gasteiger partial charge is 0.128 e. The molecule has 0 N–H and O–H groups in total. The van der Waals surface area contributed by atoms with E-state index >= 15 is 0 Å². The van der Waals surface area contributed by atoms with Crippen molar-refractivity contribution in [2.75, 3.05) is 11.9 Å². The van der Waals surface area contributed by atoms with E-state index in [0.29, 0.717) is 17.7 Å². The van der Waals surface area contributed by atoms with Gasteiger partial charge >= 0.3 is 0 Å². The van der Waals surface area contributed by atoms with E-state index in [1.165, 1.54) is 6.07 Å². The molecule has 96 valence electrons. The standard InChI is InChI=1S/C16H15FN2/c1-12-7-8-16(14(9-12)10-18)19(2)11-13-5-3-4-6-15(13)17/h3-9H,11H2,1-2H3. The summed E-state index contributed by atoms with van der Waals surface area (Å²) in [6.45, 7) is 2.38. The third-order valence-corrected chi connectivity index (χ3v) is 3.05. The highest BCUT2D eigenvalue weighted by Crippen LogP contribution is 2.22. The van der Waals surface area contributed by atoms with Crippen LogP contribution >= 0.6 is 0 Å². The van der Waals surface area contributed by atoms with Gasteiger partial charge in [-0.2, -0.15) is 5.26 Å². The van der Waals surface area contributed by atoms with Crippen molar-refractivity contribution in [3.05, 3.63) is 65.0 Å². The van der Waals surface area contributed by atoms with Gasteiger partial charge in [-0.05, 0) is 30.7 Å². The molecule has 3 heteroatoms. The van der Waals surface area contributed by atoms with Gasteiger partial charge in [0, 0.05) is 19.2 Å². The molecule has 2 aromatic carbocycles. The van der Waals surface area contributed by atoms with Gasteiger partial charge in [0.2, 0.25) is 0 Å². The fourth-order valence-electron chi connectivity index (χ4n) is 2.04. The van der Waals surface area contributed by atoms with E-state index in [1.807, 2.05) is 43.1 Å². The molecule has 0 aliphatic carbocycles. The van der Waals surface area contributed by atoms with Crippen LogP contribution in [-0.4, -0.2) is 7.05 Å². The lowest BCUT2D eigenvalue weighted by Gasteiger charge is -2.21. The van der Waals surface area contributed by atoms with E-state index in [0.717, 1.165) is 11.3 Å². The Morgan fingerprint density at radius 3 is 2.63 bits per heavy atom. The Morgan fingerprint density at radius 1 is 1.21 bits per heavy atom. The maximum Gasteiger partial charge on any atom is 0.128 e. The summed E-state index contributed by atoms with van der Waals surface area (Å²) in [6.07, 6.45) is 0. The zero-order chi connectivity index (χ0) is 13.8. The van der Waals surface area contributed by atoms with E-state index in [4.69, 9.17) is 5.26 Å². The molecule has 0 aromatic heterocycles. The van der Waals surface area contributed by atoms with Gasteiger partial charge in [0.25, 0.3) is 0 Å². The third kappa shape index (κ3) is 2.92. The second-order valence-electron chi connectivity index (χ2n) is 4.58. The van der Waals surface area contributed by atoms with Crippen molar-refractivity contribution in [1.29, 1.82) is 5.26 Å². The summed E-state index contributed by atoms with van der Waals surface area (Å²) >= 11 is 0. The summed E-state index contributed by atoms with van der Waals surface area (Å²) in [4.78, 5) is 1.89. The van der Waals surface area contributed by atoms with Crippen LogP contribution in [0.25, 0.3) is 0 Å². The van der Waals surface area contributed by atoms with Crippen LogP contribution in [0.5, 0.6) is 0 Å². The topological polar surface area (TPSA) is 27.0 Å². The van der Waals surface area contributed by atoms with Gasteiger partial charge in [-0.1, -0.05) is 24.3 Å². The molecule has 0 saturated carbocycles. The minimum atomic E-state index is -0.222. The lowest BCUT2D eigenvalue weighted by molar-refractivity contribution is 0.608. The van der Waals surface area contributed by atoms with E-state index in [9.17, 15) is 4.39 Å². The summed E-state index contributed by atoms with van der Waals surface area (Å²) in [6, 6.07) is 14.6. The van der Waals surface area contributed by atoms with Gasteiger partial charge in [0.1, 0.15) is 11.9 Å². The van der Waals surface area contributed by atoms with Gasteiger partial charge in [0.15, 0.2) is 0 Å². The molecule has 0 saturated heterocycles. The number of hydrogen-bond acceptors (Lipinski definition) is 2. The molecule has 2 nitrogen and oxygen atoms in total. The van der Waals surface area contributed by atoms with Crippen molar-refractivity contribution in [1.82, 2.24) is 0 Å². The van der Waals surface area contributed by atoms with Gasteiger partial charge in [-0.3, -0.25) is 0 Å². The van der Waals surface area contributed by atoms with Crippen LogP contribution in [-0.2, 0) is 6.54 Å². The second-order valence-corrected chi connectivity index (χ2v) is 4.58. The fourth-order valence-corrected chi connectivity index (χ4v) is 2.04. The van der Waals surface area contributed by atoms with Crippen molar-refractivity contribution in [2.24, 2.45) is 0 Å². The monoisotopic (exact) mass is 254 g/mol. The van der Waals surface area contributed by atoms with Gasteiger partial charge in [-0.25, -0.2) is 4.39 Å². The highest BCUT2D eigenvalue weighted by Gasteiger charge is 2.10. The molecule has 0 radical (unpaired) electrons. The van der Waals surface area contributed by atoms with Crippen LogP contribution in [0.15, 0.2) is 42.5 Å². The number of hydrogen-bond donors (Lipinski definition) is 0. The molecule has 2 rings (SSSR count). The molecule has 0 unspecified atom stereocenters. The van der Waals surface area contributed by atoms with E-state index in [-0.39, 0.29) is 5.82 Å². The summed E-state index contributed by atoms with van der Waals surface area (Å²) in [5.74, 6) is -0.222. The lowest BCUT2D eigenvalue weighted by atomic mass is 10.1. The normalized spacial score (nSPS) is 10.0. The lowest BCUT2D eigenvalue weighted by Crippen LogP contribution is -2.18. The molecule has 0 bridgehead atoms. The Bertz CT molecular complexity index is 629.